The molecule has 0 atom stereocenters. The van der Waals surface area contributed by atoms with Crippen molar-refractivity contribution in [1.82, 2.24) is 9.97 Å². The van der Waals surface area contributed by atoms with E-state index < -0.39 is 0 Å². The fourth-order valence-corrected chi connectivity index (χ4v) is 1.95. The number of nitrogens with zero attached hydrogens (tertiary/aromatic N) is 2. The number of aromatic nitrogens is 2. The van der Waals surface area contributed by atoms with Gasteiger partial charge in [-0.2, -0.15) is 0 Å². The molecule has 0 bridgehead atoms. The number of benzene rings is 1. The topological polar surface area (TPSA) is 47.0 Å². The van der Waals surface area contributed by atoms with E-state index in [0.717, 1.165) is 16.9 Å². The van der Waals surface area contributed by atoms with Crippen molar-refractivity contribution in [3.8, 4) is 0 Å². The summed E-state index contributed by atoms with van der Waals surface area (Å²) in [4.78, 5) is 8.13. The summed E-state index contributed by atoms with van der Waals surface area (Å²) < 4.78 is 5.19. The van der Waals surface area contributed by atoms with E-state index in [1.165, 1.54) is 11.9 Å². The first kappa shape index (κ1) is 13.8. The lowest BCUT2D eigenvalue weighted by atomic mass is 10.1. The van der Waals surface area contributed by atoms with Gasteiger partial charge >= 0.3 is 0 Å². The Morgan fingerprint density at radius 3 is 2.68 bits per heavy atom. The zero-order valence-electron chi connectivity index (χ0n) is 11.0. The summed E-state index contributed by atoms with van der Waals surface area (Å²) in [7, 11) is 1.69. The van der Waals surface area contributed by atoms with Crippen molar-refractivity contribution in [3.05, 3.63) is 52.4 Å². The van der Waals surface area contributed by atoms with Crippen LogP contribution in [0.15, 0.2) is 30.6 Å². The molecule has 0 aliphatic rings. The quantitative estimate of drug-likeness (QED) is 0.853. The Balaban J connectivity index is 2.12. The van der Waals surface area contributed by atoms with Gasteiger partial charge in [0.05, 0.1) is 6.61 Å². The molecule has 0 aliphatic carbocycles. The van der Waals surface area contributed by atoms with Gasteiger partial charge in [-0.1, -0.05) is 35.9 Å². The lowest BCUT2D eigenvalue weighted by Crippen LogP contribution is -2.06. The molecule has 1 aromatic carbocycles. The minimum absolute atomic E-state index is 0.475. The molecule has 0 saturated heterocycles. The summed E-state index contributed by atoms with van der Waals surface area (Å²) in [6, 6.07) is 8.14. The van der Waals surface area contributed by atoms with Crippen LogP contribution in [0.5, 0.6) is 0 Å². The number of nitrogens with one attached hydrogen (secondary N) is 1. The molecule has 0 amide bonds. The van der Waals surface area contributed by atoms with E-state index >= 15 is 0 Å². The summed E-state index contributed by atoms with van der Waals surface area (Å²) in [5.41, 5.74) is 3.20. The molecule has 0 unspecified atom stereocenters. The maximum absolute atomic E-state index is 5.97. The average Bonchev–Trinajstić information content (AvgIpc) is 2.42. The van der Waals surface area contributed by atoms with Crippen LogP contribution >= 0.6 is 11.6 Å². The third-order valence-electron chi connectivity index (χ3n) is 2.89. The predicted octanol–water partition coefficient (Wildman–Crippen LogP) is 3.20. The van der Waals surface area contributed by atoms with Gasteiger partial charge in [-0.15, -0.1) is 0 Å². The van der Waals surface area contributed by atoms with Gasteiger partial charge < -0.3 is 10.1 Å². The molecule has 5 heteroatoms. The number of rotatable bonds is 5. The highest BCUT2D eigenvalue weighted by atomic mass is 35.5. The van der Waals surface area contributed by atoms with Crippen LogP contribution in [0.2, 0.25) is 5.15 Å². The summed E-state index contributed by atoms with van der Waals surface area (Å²) >= 11 is 5.97. The van der Waals surface area contributed by atoms with Crippen LogP contribution < -0.4 is 5.32 Å². The van der Waals surface area contributed by atoms with Gasteiger partial charge in [0.2, 0.25) is 0 Å². The molecule has 2 aromatic rings. The first-order valence-corrected chi connectivity index (χ1v) is 6.37. The van der Waals surface area contributed by atoms with E-state index in [0.29, 0.717) is 18.3 Å². The molecule has 19 heavy (non-hydrogen) atoms. The number of halogens is 1. The number of hydrogen-bond acceptors (Lipinski definition) is 4. The van der Waals surface area contributed by atoms with E-state index in [1.54, 1.807) is 7.11 Å². The van der Waals surface area contributed by atoms with E-state index in [-0.39, 0.29) is 0 Å². The van der Waals surface area contributed by atoms with Crippen molar-refractivity contribution >= 4 is 17.4 Å². The predicted molar refractivity (Wildman–Crippen MR) is 76.3 cm³/mol. The van der Waals surface area contributed by atoms with Gasteiger partial charge in [-0.3, -0.25) is 0 Å². The summed E-state index contributed by atoms with van der Waals surface area (Å²) in [6.07, 6.45) is 1.46. The Morgan fingerprint density at radius 2 is 1.95 bits per heavy atom. The average molecular weight is 278 g/mol. The third-order valence-corrected chi connectivity index (χ3v) is 3.27. The number of methoxy groups -OCH3 is 1. The van der Waals surface area contributed by atoms with Gasteiger partial charge in [-0.05, 0) is 18.1 Å². The molecular weight excluding hydrogens is 262 g/mol. The number of anilines is 1. The van der Waals surface area contributed by atoms with E-state index in [4.69, 9.17) is 16.3 Å². The lowest BCUT2D eigenvalue weighted by molar-refractivity contribution is 0.184. The van der Waals surface area contributed by atoms with Crippen LogP contribution in [0, 0.1) is 6.92 Å². The molecule has 1 N–H and O–H groups in total. The minimum atomic E-state index is 0.475. The van der Waals surface area contributed by atoms with Crippen molar-refractivity contribution in [2.75, 3.05) is 12.4 Å². The Labute approximate surface area is 117 Å². The van der Waals surface area contributed by atoms with Gasteiger partial charge in [0.15, 0.2) is 0 Å². The SMILES string of the molecule is COCc1ccccc1CNc1ncnc(Cl)c1C. The Bertz CT molecular complexity index is 560. The van der Waals surface area contributed by atoms with Crippen molar-refractivity contribution in [1.29, 1.82) is 0 Å². The second-order valence-corrected chi connectivity index (χ2v) is 4.55. The zero-order chi connectivity index (χ0) is 13.7. The third kappa shape index (κ3) is 3.43. The van der Waals surface area contributed by atoms with Crippen LogP contribution in [-0.2, 0) is 17.9 Å². The first-order valence-electron chi connectivity index (χ1n) is 5.99. The van der Waals surface area contributed by atoms with Crippen LogP contribution in [0.25, 0.3) is 0 Å². The van der Waals surface area contributed by atoms with Crippen molar-refractivity contribution < 1.29 is 4.74 Å². The monoisotopic (exact) mass is 277 g/mol. The Hall–Kier alpha value is -1.65. The van der Waals surface area contributed by atoms with Gasteiger partial charge in [0, 0.05) is 19.2 Å². The summed E-state index contributed by atoms with van der Waals surface area (Å²) in [5.74, 6) is 0.757. The van der Waals surface area contributed by atoms with E-state index in [1.807, 2.05) is 19.1 Å². The molecule has 100 valence electrons. The van der Waals surface area contributed by atoms with Crippen LogP contribution in [0.4, 0.5) is 5.82 Å². The zero-order valence-corrected chi connectivity index (χ0v) is 11.7. The molecule has 0 saturated carbocycles. The van der Waals surface area contributed by atoms with Crippen LogP contribution in [0.1, 0.15) is 16.7 Å². The van der Waals surface area contributed by atoms with Crippen molar-refractivity contribution in [3.63, 3.8) is 0 Å². The number of hydrogen-bond donors (Lipinski definition) is 1. The van der Waals surface area contributed by atoms with E-state index in [2.05, 4.69) is 27.4 Å². The molecule has 0 fully saturated rings. The van der Waals surface area contributed by atoms with Gasteiger partial charge in [0.25, 0.3) is 0 Å². The molecule has 1 heterocycles. The standard InChI is InChI=1S/C14H16ClN3O/c1-10-13(15)17-9-18-14(10)16-7-11-5-3-4-6-12(11)8-19-2/h3-6,9H,7-8H2,1-2H3,(H,16,17,18). The normalized spacial score (nSPS) is 10.5. The fraction of sp³-hybridized carbons (Fsp3) is 0.286. The second-order valence-electron chi connectivity index (χ2n) is 4.19. The van der Waals surface area contributed by atoms with Gasteiger partial charge in [0.1, 0.15) is 17.3 Å². The molecule has 0 aliphatic heterocycles. The van der Waals surface area contributed by atoms with Crippen molar-refractivity contribution in [2.45, 2.75) is 20.1 Å². The second kappa shape index (κ2) is 6.50. The molecule has 0 spiro atoms. The highest BCUT2D eigenvalue weighted by Crippen LogP contribution is 2.19. The lowest BCUT2D eigenvalue weighted by Gasteiger charge is -2.12. The van der Waals surface area contributed by atoms with Gasteiger partial charge in [-0.25, -0.2) is 9.97 Å². The number of ether oxygens (including phenoxy) is 1. The van der Waals surface area contributed by atoms with Crippen molar-refractivity contribution in [2.24, 2.45) is 0 Å². The fourth-order valence-electron chi connectivity index (χ4n) is 1.81. The highest BCUT2D eigenvalue weighted by molar-refractivity contribution is 6.30. The first-order chi connectivity index (χ1) is 9.22. The Kier molecular flexibility index (Phi) is 4.71. The molecular formula is C14H16ClN3O. The maximum atomic E-state index is 5.97. The van der Waals surface area contributed by atoms with Crippen LogP contribution in [0.3, 0.4) is 0 Å². The Morgan fingerprint density at radius 1 is 1.21 bits per heavy atom. The minimum Gasteiger partial charge on any atom is -0.380 e. The highest BCUT2D eigenvalue weighted by Gasteiger charge is 2.06. The molecule has 4 nitrogen and oxygen atoms in total. The summed E-state index contributed by atoms with van der Waals surface area (Å²) in [6.45, 7) is 3.17. The molecule has 0 radical (unpaired) electrons. The molecule has 2 rings (SSSR count). The largest absolute Gasteiger partial charge is 0.380 e. The summed E-state index contributed by atoms with van der Waals surface area (Å²) in [5, 5.41) is 3.75. The maximum Gasteiger partial charge on any atom is 0.137 e. The van der Waals surface area contributed by atoms with E-state index in [9.17, 15) is 0 Å². The molecule has 1 aromatic heterocycles. The van der Waals surface area contributed by atoms with Crippen LogP contribution in [-0.4, -0.2) is 17.1 Å². The smallest absolute Gasteiger partial charge is 0.137 e.